The predicted molar refractivity (Wildman–Crippen MR) is 135 cm³/mol. The first-order valence-electron chi connectivity index (χ1n) is 12.7. The SMILES string of the molecule is COc1ncnc(C2CC2)c1-n1nc(Cc2ccc(-c3nc(C(F)(F)F)cn3C3CC3)cc2)c2ncncc21. The van der Waals surface area contributed by atoms with Crippen LogP contribution in [0.25, 0.3) is 28.1 Å². The van der Waals surface area contributed by atoms with Crippen LogP contribution in [0.15, 0.2) is 49.3 Å². The predicted octanol–water partition coefficient (Wildman–Crippen LogP) is 5.30. The third kappa shape index (κ3) is 4.29. The van der Waals surface area contributed by atoms with Crippen LogP contribution in [0.5, 0.6) is 5.88 Å². The van der Waals surface area contributed by atoms with Gasteiger partial charge in [-0.05, 0) is 31.2 Å². The van der Waals surface area contributed by atoms with Crippen molar-refractivity contribution in [2.45, 2.75) is 50.2 Å². The average molecular weight is 533 g/mol. The Morgan fingerprint density at radius 3 is 2.49 bits per heavy atom. The van der Waals surface area contributed by atoms with Crippen molar-refractivity contribution in [2.24, 2.45) is 0 Å². The highest BCUT2D eigenvalue weighted by molar-refractivity contribution is 5.79. The number of aromatic nitrogens is 8. The molecule has 2 saturated carbocycles. The molecule has 0 aliphatic heterocycles. The quantitative estimate of drug-likeness (QED) is 0.281. The molecule has 0 amide bonds. The molecule has 4 heterocycles. The van der Waals surface area contributed by atoms with E-state index in [-0.39, 0.29) is 6.04 Å². The molecule has 12 heteroatoms. The molecule has 9 nitrogen and oxygen atoms in total. The third-order valence-electron chi connectivity index (χ3n) is 7.15. The highest BCUT2D eigenvalue weighted by Crippen LogP contribution is 2.44. The van der Waals surface area contributed by atoms with Crippen molar-refractivity contribution in [1.29, 1.82) is 0 Å². The Bertz CT molecular complexity index is 1680. The van der Waals surface area contributed by atoms with Gasteiger partial charge in [-0.25, -0.2) is 24.6 Å². The largest absolute Gasteiger partial charge is 0.479 e. The van der Waals surface area contributed by atoms with Crippen LogP contribution in [0, 0.1) is 0 Å². The van der Waals surface area contributed by atoms with Gasteiger partial charge in [0.25, 0.3) is 0 Å². The molecule has 0 atom stereocenters. The van der Waals surface area contributed by atoms with Crippen molar-refractivity contribution in [3.63, 3.8) is 0 Å². The van der Waals surface area contributed by atoms with E-state index in [0.29, 0.717) is 46.3 Å². The molecule has 0 radical (unpaired) electrons. The maximum Gasteiger partial charge on any atom is 0.434 e. The summed E-state index contributed by atoms with van der Waals surface area (Å²) in [6, 6.07) is 7.47. The molecule has 7 rings (SSSR count). The summed E-state index contributed by atoms with van der Waals surface area (Å²) < 4.78 is 49.0. The fourth-order valence-corrected chi connectivity index (χ4v) is 4.93. The number of imidazole rings is 1. The van der Waals surface area contributed by atoms with Crippen molar-refractivity contribution >= 4 is 11.0 Å². The van der Waals surface area contributed by atoms with Crippen molar-refractivity contribution in [3.05, 3.63) is 72.0 Å². The van der Waals surface area contributed by atoms with Crippen molar-refractivity contribution < 1.29 is 17.9 Å². The maximum absolute atomic E-state index is 13.3. The smallest absolute Gasteiger partial charge is 0.434 e. The first-order valence-corrected chi connectivity index (χ1v) is 12.7. The zero-order valence-electron chi connectivity index (χ0n) is 20.9. The molecular formula is C27H23F3N8O. The Labute approximate surface area is 220 Å². The van der Waals surface area contributed by atoms with Gasteiger partial charge in [-0.3, -0.25) is 0 Å². The molecule has 1 aromatic carbocycles. The van der Waals surface area contributed by atoms with Gasteiger partial charge in [0.1, 0.15) is 35.2 Å². The Morgan fingerprint density at radius 1 is 1.00 bits per heavy atom. The zero-order chi connectivity index (χ0) is 26.7. The molecule has 0 bridgehead atoms. The fourth-order valence-electron chi connectivity index (χ4n) is 4.93. The van der Waals surface area contributed by atoms with Gasteiger partial charge in [0.2, 0.25) is 5.88 Å². The molecule has 0 N–H and O–H groups in total. The van der Waals surface area contributed by atoms with E-state index in [2.05, 4.69) is 24.9 Å². The molecule has 5 aromatic rings. The first kappa shape index (κ1) is 23.7. The van der Waals surface area contributed by atoms with E-state index >= 15 is 0 Å². The summed E-state index contributed by atoms with van der Waals surface area (Å²) in [6.45, 7) is 0. The fraction of sp³-hybridized carbons (Fsp3) is 0.333. The van der Waals surface area contributed by atoms with Crippen molar-refractivity contribution in [2.75, 3.05) is 7.11 Å². The van der Waals surface area contributed by atoms with Crippen LogP contribution in [0.1, 0.15) is 60.3 Å². The topological polar surface area (TPSA) is 96.4 Å². The van der Waals surface area contributed by atoms with Crippen LogP contribution in [0.4, 0.5) is 13.2 Å². The van der Waals surface area contributed by atoms with Gasteiger partial charge in [-0.15, -0.1) is 0 Å². The van der Waals surface area contributed by atoms with E-state index in [9.17, 15) is 13.2 Å². The number of nitrogens with zero attached hydrogens (tertiary/aromatic N) is 8. The highest BCUT2D eigenvalue weighted by atomic mass is 19.4. The number of methoxy groups -OCH3 is 1. The second kappa shape index (κ2) is 8.85. The summed E-state index contributed by atoms with van der Waals surface area (Å²) in [5, 5.41) is 4.90. The lowest BCUT2D eigenvalue weighted by molar-refractivity contribution is -0.140. The van der Waals surface area contributed by atoms with Gasteiger partial charge < -0.3 is 9.30 Å². The van der Waals surface area contributed by atoms with Crippen LogP contribution < -0.4 is 4.74 Å². The van der Waals surface area contributed by atoms with E-state index in [0.717, 1.165) is 48.8 Å². The Balaban J connectivity index is 1.25. The lowest BCUT2D eigenvalue weighted by Gasteiger charge is -2.12. The number of ether oxygens (including phenoxy) is 1. The molecular weight excluding hydrogens is 509 g/mol. The summed E-state index contributed by atoms with van der Waals surface area (Å²) in [6.07, 6.45) is 5.61. The van der Waals surface area contributed by atoms with Crippen LogP contribution >= 0.6 is 0 Å². The standard InChI is InChI=1S/C27H23F3N8O/c1-39-26-24(22(16-6-7-16)33-14-34-26)38-20-11-31-13-32-23(20)19(36-38)10-15-2-4-17(5-3-15)25-35-21(27(28,29)30)12-37(25)18-8-9-18/h2-5,11-14,16,18H,6-10H2,1H3. The number of rotatable bonds is 7. The number of halogens is 3. The highest BCUT2D eigenvalue weighted by Gasteiger charge is 2.37. The van der Waals surface area contributed by atoms with E-state index in [4.69, 9.17) is 9.84 Å². The van der Waals surface area contributed by atoms with Crippen LogP contribution in [0.3, 0.4) is 0 Å². The third-order valence-corrected chi connectivity index (χ3v) is 7.15. The molecule has 0 spiro atoms. The van der Waals surface area contributed by atoms with E-state index in [1.165, 1.54) is 12.7 Å². The van der Waals surface area contributed by atoms with Crippen molar-refractivity contribution in [1.82, 2.24) is 39.3 Å². The molecule has 0 unspecified atom stereocenters. The monoisotopic (exact) mass is 532 g/mol. The van der Waals surface area contributed by atoms with E-state index < -0.39 is 11.9 Å². The Morgan fingerprint density at radius 2 is 1.79 bits per heavy atom. The minimum absolute atomic E-state index is 0.0674. The lowest BCUT2D eigenvalue weighted by atomic mass is 10.1. The summed E-state index contributed by atoms with van der Waals surface area (Å²) in [4.78, 5) is 21.5. The Hall–Kier alpha value is -4.35. The summed E-state index contributed by atoms with van der Waals surface area (Å²) in [5.74, 6) is 1.10. The summed E-state index contributed by atoms with van der Waals surface area (Å²) in [7, 11) is 1.57. The summed E-state index contributed by atoms with van der Waals surface area (Å²) in [5.41, 5.74) is 4.42. The van der Waals surface area contributed by atoms with Gasteiger partial charge in [0, 0.05) is 30.1 Å². The van der Waals surface area contributed by atoms with Gasteiger partial charge in [0.15, 0.2) is 5.69 Å². The number of fused-ring (bicyclic) bond motifs is 1. The molecule has 2 fully saturated rings. The van der Waals surface area contributed by atoms with Crippen LogP contribution in [-0.2, 0) is 12.6 Å². The first-order chi connectivity index (χ1) is 18.9. The zero-order valence-corrected chi connectivity index (χ0v) is 20.9. The molecule has 2 aliphatic rings. The average Bonchev–Trinajstić information content (AvgIpc) is 3.88. The van der Waals surface area contributed by atoms with Crippen LogP contribution in [0.2, 0.25) is 0 Å². The second-order valence-electron chi connectivity index (χ2n) is 9.97. The van der Waals surface area contributed by atoms with E-state index in [1.807, 2.05) is 24.3 Å². The normalized spacial score (nSPS) is 15.7. The molecule has 2 aliphatic carbocycles. The molecule has 39 heavy (non-hydrogen) atoms. The minimum atomic E-state index is -4.48. The van der Waals surface area contributed by atoms with E-state index in [1.54, 1.807) is 22.6 Å². The molecule has 198 valence electrons. The van der Waals surface area contributed by atoms with Gasteiger partial charge >= 0.3 is 6.18 Å². The molecule has 4 aromatic heterocycles. The number of hydrogen-bond acceptors (Lipinski definition) is 7. The van der Waals surface area contributed by atoms with Crippen LogP contribution in [-0.4, -0.2) is 46.4 Å². The number of hydrogen-bond donors (Lipinski definition) is 0. The van der Waals surface area contributed by atoms with Gasteiger partial charge in [0.05, 0.1) is 24.7 Å². The Kier molecular flexibility index (Phi) is 5.39. The molecule has 0 saturated heterocycles. The van der Waals surface area contributed by atoms with Gasteiger partial charge in [-0.2, -0.15) is 23.3 Å². The summed E-state index contributed by atoms with van der Waals surface area (Å²) >= 11 is 0. The van der Waals surface area contributed by atoms with Gasteiger partial charge in [-0.1, -0.05) is 24.3 Å². The second-order valence-corrected chi connectivity index (χ2v) is 9.97. The number of benzene rings is 1. The maximum atomic E-state index is 13.3. The minimum Gasteiger partial charge on any atom is -0.479 e. The lowest BCUT2D eigenvalue weighted by Crippen LogP contribution is -2.08. The van der Waals surface area contributed by atoms with Crippen molar-refractivity contribution in [3.8, 4) is 23.0 Å². The number of alkyl halides is 3.